The summed E-state index contributed by atoms with van der Waals surface area (Å²) >= 11 is 2.77. The van der Waals surface area contributed by atoms with Crippen LogP contribution in [0.25, 0.3) is 34.0 Å². The molecule has 2 amide bonds. The van der Waals surface area contributed by atoms with E-state index in [0.717, 1.165) is 51.5 Å². The molecule has 8 nitrogen and oxygen atoms in total. The molecule has 46 heavy (non-hydrogen) atoms. The Morgan fingerprint density at radius 2 is 1.22 bits per heavy atom. The molecule has 4 heterocycles. The van der Waals surface area contributed by atoms with Crippen molar-refractivity contribution in [3.05, 3.63) is 130 Å². The molecule has 2 N–H and O–H groups in total. The first kappa shape index (κ1) is 30.9. The SMILES string of the molecule is CCCN=C1NC(=O)C(=Cc2ccc3ncccc3c2)S1.O=C1NC(=NCc2ccccc2)SC1=Cc1ccc2ncccc2c1. The van der Waals surface area contributed by atoms with Gasteiger partial charge in [0.1, 0.15) is 0 Å². The zero-order valence-corrected chi connectivity index (χ0v) is 26.6. The summed E-state index contributed by atoms with van der Waals surface area (Å²) in [6, 6.07) is 29.7. The topological polar surface area (TPSA) is 109 Å². The number of pyridine rings is 2. The van der Waals surface area contributed by atoms with Crippen molar-refractivity contribution >= 4 is 79.6 Å². The summed E-state index contributed by atoms with van der Waals surface area (Å²) in [6.45, 7) is 3.35. The highest BCUT2D eigenvalue weighted by molar-refractivity contribution is 8.19. The molecule has 2 aromatic heterocycles. The van der Waals surface area contributed by atoms with Gasteiger partial charge in [-0.15, -0.1) is 0 Å². The van der Waals surface area contributed by atoms with Crippen molar-refractivity contribution < 1.29 is 9.59 Å². The molecule has 0 saturated carbocycles. The monoisotopic (exact) mass is 642 g/mol. The largest absolute Gasteiger partial charge is 0.301 e. The number of nitrogens with one attached hydrogen (secondary N) is 2. The van der Waals surface area contributed by atoms with E-state index in [0.29, 0.717) is 26.7 Å². The summed E-state index contributed by atoms with van der Waals surface area (Å²) in [5.41, 5.74) is 4.98. The van der Waals surface area contributed by atoms with Crippen molar-refractivity contribution in [2.75, 3.05) is 6.54 Å². The minimum Gasteiger partial charge on any atom is -0.301 e. The van der Waals surface area contributed by atoms with E-state index < -0.39 is 0 Å². The van der Waals surface area contributed by atoms with Gasteiger partial charge in [0.2, 0.25) is 0 Å². The second-order valence-corrected chi connectivity index (χ2v) is 12.4. The lowest BCUT2D eigenvalue weighted by molar-refractivity contribution is -0.116. The third-order valence-corrected chi connectivity index (χ3v) is 8.77. The number of aromatic nitrogens is 2. The zero-order chi connectivity index (χ0) is 31.7. The van der Waals surface area contributed by atoms with Gasteiger partial charge in [0.05, 0.1) is 27.4 Å². The lowest BCUT2D eigenvalue weighted by Gasteiger charge is -1.99. The zero-order valence-electron chi connectivity index (χ0n) is 25.0. The molecule has 0 spiro atoms. The Balaban J connectivity index is 0.000000164. The number of carbonyl (C=O) groups is 2. The third kappa shape index (κ3) is 7.96. The van der Waals surface area contributed by atoms with E-state index in [1.165, 1.54) is 23.5 Å². The molecule has 2 aliphatic heterocycles. The Morgan fingerprint density at radius 3 is 1.76 bits per heavy atom. The average molecular weight is 643 g/mol. The number of thioether (sulfide) groups is 2. The minimum absolute atomic E-state index is 0.0823. The fraction of sp³-hybridized carbons (Fsp3) is 0.111. The fourth-order valence-corrected chi connectivity index (χ4v) is 6.30. The molecule has 0 bridgehead atoms. The molecule has 0 aliphatic carbocycles. The number of fused-ring (bicyclic) bond motifs is 2. The number of rotatable bonds is 6. The van der Waals surface area contributed by atoms with Crippen molar-refractivity contribution in [3.63, 3.8) is 0 Å². The highest BCUT2D eigenvalue weighted by atomic mass is 32.2. The van der Waals surface area contributed by atoms with Gasteiger partial charge < -0.3 is 10.6 Å². The molecular formula is C36H30N6O2S2. The molecule has 2 saturated heterocycles. The van der Waals surface area contributed by atoms with E-state index in [9.17, 15) is 9.59 Å². The number of aliphatic imine (C=N–C) groups is 2. The summed E-state index contributed by atoms with van der Waals surface area (Å²) in [7, 11) is 0. The van der Waals surface area contributed by atoms with Gasteiger partial charge in [-0.3, -0.25) is 29.5 Å². The van der Waals surface area contributed by atoms with Crippen LogP contribution in [-0.2, 0) is 16.1 Å². The first-order chi connectivity index (χ1) is 22.5. The maximum atomic E-state index is 12.2. The highest BCUT2D eigenvalue weighted by Crippen LogP contribution is 2.28. The third-order valence-electron chi connectivity index (χ3n) is 6.88. The van der Waals surface area contributed by atoms with E-state index in [-0.39, 0.29) is 11.8 Å². The van der Waals surface area contributed by atoms with Crippen LogP contribution in [0.2, 0.25) is 0 Å². The van der Waals surface area contributed by atoms with E-state index in [1.807, 2.05) is 103 Å². The standard InChI is InChI=1S/C20H15N3OS.C16H15N3OS/c24-19-18(12-15-8-9-17-16(11-15)7-4-10-21-17)25-20(23-19)22-13-14-5-2-1-3-6-14;1-2-7-18-16-19-15(20)14(21-16)10-11-5-6-13-12(9-11)4-3-8-17-13/h1-12H,13H2,(H,22,23,24);3-6,8-10H,2,7H2,1H3,(H,18,19,20). The lowest BCUT2D eigenvalue weighted by atomic mass is 10.1. The Kier molecular flexibility index (Phi) is 9.97. The smallest absolute Gasteiger partial charge is 0.264 e. The molecule has 5 aromatic rings. The molecule has 3 aromatic carbocycles. The van der Waals surface area contributed by atoms with Crippen molar-refractivity contribution in [1.29, 1.82) is 0 Å². The quantitative estimate of drug-likeness (QED) is 0.190. The first-order valence-electron chi connectivity index (χ1n) is 14.8. The van der Waals surface area contributed by atoms with E-state index in [4.69, 9.17) is 0 Å². The van der Waals surface area contributed by atoms with E-state index >= 15 is 0 Å². The number of nitrogens with zero attached hydrogens (tertiary/aromatic N) is 4. The average Bonchev–Trinajstić information content (AvgIpc) is 3.63. The van der Waals surface area contributed by atoms with Crippen LogP contribution < -0.4 is 10.6 Å². The molecule has 7 rings (SSSR count). The van der Waals surface area contributed by atoms with Crippen LogP contribution in [0, 0.1) is 0 Å². The van der Waals surface area contributed by atoms with Crippen molar-refractivity contribution in [1.82, 2.24) is 20.6 Å². The second-order valence-electron chi connectivity index (χ2n) is 10.3. The number of amides is 2. The van der Waals surface area contributed by atoms with Gasteiger partial charge in [-0.1, -0.05) is 61.5 Å². The van der Waals surface area contributed by atoms with Crippen LogP contribution in [-0.4, -0.2) is 38.7 Å². The van der Waals surface area contributed by atoms with Crippen LogP contribution in [0.5, 0.6) is 0 Å². The van der Waals surface area contributed by atoms with Gasteiger partial charge in [0.25, 0.3) is 11.8 Å². The maximum absolute atomic E-state index is 12.2. The molecule has 2 fully saturated rings. The predicted molar refractivity (Wildman–Crippen MR) is 191 cm³/mol. The van der Waals surface area contributed by atoms with Crippen LogP contribution in [0.15, 0.2) is 123 Å². The van der Waals surface area contributed by atoms with Crippen LogP contribution >= 0.6 is 23.5 Å². The predicted octanol–water partition coefficient (Wildman–Crippen LogP) is 7.20. The number of carbonyl (C=O) groups excluding carboxylic acids is 2. The Hall–Kier alpha value is -5.06. The van der Waals surface area contributed by atoms with Gasteiger partial charge in [0, 0.05) is 29.7 Å². The van der Waals surface area contributed by atoms with Crippen molar-refractivity contribution in [2.45, 2.75) is 19.9 Å². The Bertz CT molecular complexity index is 2040. The van der Waals surface area contributed by atoms with Gasteiger partial charge in [0.15, 0.2) is 10.3 Å². The van der Waals surface area contributed by atoms with Crippen molar-refractivity contribution in [3.8, 4) is 0 Å². The molecular weight excluding hydrogens is 613 g/mol. The van der Waals surface area contributed by atoms with Crippen molar-refractivity contribution in [2.24, 2.45) is 9.98 Å². The highest BCUT2D eigenvalue weighted by Gasteiger charge is 2.24. The number of benzene rings is 3. The van der Waals surface area contributed by atoms with Crippen LogP contribution in [0.3, 0.4) is 0 Å². The van der Waals surface area contributed by atoms with Gasteiger partial charge in [-0.25, -0.2) is 0 Å². The Morgan fingerprint density at radius 1 is 0.674 bits per heavy atom. The van der Waals surface area contributed by atoms with Gasteiger partial charge in [-0.05, 0) is 95.2 Å². The van der Waals surface area contributed by atoms with Crippen LogP contribution in [0.4, 0.5) is 0 Å². The Labute approximate surface area is 275 Å². The number of amidine groups is 2. The summed E-state index contributed by atoms with van der Waals surface area (Å²) in [4.78, 5) is 42.8. The molecule has 10 heteroatoms. The molecule has 0 radical (unpaired) electrons. The van der Waals surface area contributed by atoms with Gasteiger partial charge in [-0.2, -0.15) is 0 Å². The normalized spacial score (nSPS) is 17.9. The lowest BCUT2D eigenvalue weighted by Crippen LogP contribution is -2.19. The van der Waals surface area contributed by atoms with E-state index in [2.05, 4.69) is 37.5 Å². The summed E-state index contributed by atoms with van der Waals surface area (Å²) in [6.07, 6.45) is 8.29. The summed E-state index contributed by atoms with van der Waals surface area (Å²) < 4.78 is 0. The summed E-state index contributed by atoms with van der Waals surface area (Å²) in [5.74, 6) is -0.191. The molecule has 0 atom stereocenters. The second kappa shape index (κ2) is 14.8. The minimum atomic E-state index is -0.108. The number of hydrogen-bond donors (Lipinski definition) is 2. The van der Waals surface area contributed by atoms with Crippen LogP contribution in [0.1, 0.15) is 30.0 Å². The molecule has 0 unspecified atom stereocenters. The van der Waals surface area contributed by atoms with E-state index in [1.54, 1.807) is 12.4 Å². The first-order valence-corrected chi connectivity index (χ1v) is 16.4. The fourth-order valence-electron chi connectivity index (χ4n) is 4.63. The number of hydrogen-bond acceptors (Lipinski definition) is 8. The summed E-state index contributed by atoms with van der Waals surface area (Å²) in [5, 5.41) is 9.07. The van der Waals surface area contributed by atoms with Gasteiger partial charge >= 0.3 is 0 Å². The molecule has 228 valence electrons. The maximum Gasteiger partial charge on any atom is 0.264 e. The molecule has 2 aliphatic rings.